The van der Waals surface area contributed by atoms with Crippen molar-refractivity contribution in [1.29, 1.82) is 0 Å². The molecule has 0 aliphatic carbocycles. The number of hydrogen-bond acceptors (Lipinski definition) is 6. The maximum atomic E-state index is 12.8. The molecule has 2 aliphatic rings. The van der Waals surface area contributed by atoms with Gasteiger partial charge in [-0.05, 0) is 43.7 Å². The van der Waals surface area contributed by atoms with Crippen LogP contribution in [0.4, 0.5) is 0 Å². The second-order valence-electron chi connectivity index (χ2n) is 6.80. The molecular weight excluding hydrogens is 390 g/mol. The highest BCUT2D eigenvalue weighted by Crippen LogP contribution is 2.20. The molecule has 2 heterocycles. The van der Waals surface area contributed by atoms with Crippen LogP contribution in [0.5, 0.6) is 0 Å². The molecule has 0 unspecified atom stereocenters. The Labute approximate surface area is 161 Å². The van der Waals surface area contributed by atoms with Gasteiger partial charge in [0.2, 0.25) is 20.0 Å². The minimum atomic E-state index is -3.69. The topological polar surface area (TPSA) is 96.0 Å². The van der Waals surface area contributed by atoms with Crippen LogP contribution < -0.4 is 4.72 Å². The zero-order valence-corrected chi connectivity index (χ0v) is 17.1. The number of benzene rings is 1. The molecule has 2 saturated heterocycles. The van der Waals surface area contributed by atoms with E-state index in [9.17, 15) is 16.8 Å². The standard InChI is InChI=1S/C17H27N3O5S2/c1-2-19-9-11-20(12-10-19)27(23,24)17-7-5-16(6-8-17)26(21,22)18-14-15-4-3-13-25-15/h5-8,15,18H,2-4,9-14H2,1H3/t15-/m0/s1. The van der Waals surface area contributed by atoms with Crippen molar-refractivity contribution in [3.63, 3.8) is 0 Å². The van der Waals surface area contributed by atoms with Gasteiger partial charge in [-0.3, -0.25) is 0 Å². The Morgan fingerprint density at radius 2 is 1.67 bits per heavy atom. The summed E-state index contributed by atoms with van der Waals surface area (Å²) in [5.41, 5.74) is 0. The normalized spacial score (nSPS) is 22.9. The highest BCUT2D eigenvalue weighted by Gasteiger charge is 2.28. The third kappa shape index (κ3) is 4.87. The van der Waals surface area contributed by atoms with Crippen molar-refractivity contribution in [1.82, 2.24) is 13.9 Å². The van der Waals surface area contributed by atoms with Crippen molar-refractivity contribution in [3.8, 4) is 0 Å². The number of piperazine rings is 1. The summed E-state index contributed by atoms with van der Waals surface area (Å²) in [5.74, 6) is 0. The van der Waals surface area contributed by atoms with Crippen LogP contribution in [-0.2, 0) is 24.8 Å². The van der Waals surface area contributed by atoms with E-state index >= 15 is 0 Å². The monoisotopic (exact) mass is 417 g/mol. The van der Waals surface area contributed by atoms with Crippen LogP contribution in [0.15, 0.2) is 34.1 Å². The van der Waals surface area contributed by atoms with Crippen molar-refractivity contribution in [2.24, 2.45) is 0 Å². The van der Waals surface area contributed by atoms with E-state index in [2.05, 4.69) is 16.5 Å². The van der Waals surface area contributed by atoms with E-state index in [0.29, 0.717) is 32.8 Å². The maximum Gasteiger partial charge on any atom is 0.243 e. The number of ether oxygens (including phenoxy) is 1. The SMILES string of the molecule is CCN1CCN(S(=O)(=O)c2ccc(S(=O)(=O)NC[C@@H]3CCCO3)cc2)CC1. The molecule has 1 N–H and O–H groups in total. The summed E-state index contributed by atoms with van der Waals surface area (Å²) in [7, 11) is -7.30. The van der Waals surface area contributed by atoms with E-state index in [1.54, 1.807) is 0 Å². The summed E-state index contributed by atoms with van der Waals surface area (Å²) in [6, 6.07) is 5.41. The van der Waals surface area contributed by atoms with Gasteiger partial charge in [-0.25, -0.2) is 21.6 Å². The third-order valence-corrected chi connectivity index (χ3v) is 8.43. The molecular formula is C17H27N3O5S2. The van der Waals surface area contributed by atoms with Crippen LogP contribution in [-0.4, -0.2) is 78.0 Å². The number of nitrogens with one attached hydrogen (secondary N) is 1. The molecule has 1 aromatic carbocycles. The van der Waals surface area contributed by atoms with Gasteiger partial charge in [-0.1, -0.05) is 6.92 Å². The van der Waals surface area contributed by atoms with Gasteiger partial charge in [0, 0.05) is 39.3 Å². The lowest BCUT2D eigenvalue weighted by atomic mass is 10.2. The second-order valence-corrected chi connectivity index (χ2v) is 10.5. The van der Waals surface area contributed by atoms with E-state index in [0.717, 1.165) is 19.4 Å². The number of likely N-dealkylation sites (N-methyl/N-ethyl adjacent to an activating group) is 1. The molecule has 0 aromatic heterocycles. The number of hydrogen-bond donors (Lipinski definition) is 1. The Bertz CT molecular complexity index is 826. The van der Waals surface area contributed by atoms with Gasteiger partial charge < -0.3 is 9.64 Å². The smallest absolute Gasteiger partial charge is 0.243 e. The highest BCUT2D eigenvalue weighted by atomic mass is 32.2. The molecule has 2 aliphatic heterocycles. The van der Waals surface area contributed by atoms with E-state index in [1.165, 1.54) is 28.6 Å². The Kier molecular flexibility index (Phi) is 6.54. The zero-order valence-electron chi connectivity index (χ0n) is 15.5. The number of sulfonamides is 2. The van der Waals surface area contributed by atoms with Gasteiger partial charge in [0.1, 0.15) is 0 Å². The molecule has 1 atom stereocenters. The van der Waals surface area contributed by atoms with Gasteiger partial charge in [0.15, 0.2) is 0 Å². The van der Waals surface area contributed by atoms with E-state index in [1.807, 2.05) is 0 Å². The molecule has 8 nitrogen and oxygen atoms in total. The molecule has 1 aromatic rings. The minimum absolute atomic E-state index is 0.0512. The first-order valence-electron chi connectivity index (χ1n) is 9.27. The summed E-state index contributed by atoms with van der Waals surface area (Å²) >= 11 is 0. The fraction of sp³-hybridized carbons (Fsp3) is 0.647. The number of rotatable bonds is 7. The van der Waals surface area contributed by atoms with Gasteiger partial charge in [0.25, 0.3) is 0 Å². The number of nitrogens with zero attached hydrogens (tertiary/aromatic N) is 2. The lowest BCUT2D eigenvalue weighted by molar-refractivity contribution is 0.114. The zero-order chi connectivity index (χ0) is 19.5. The molecule has 0 bridgehead atoms. The third-order valence-electron chi connectivity index (χ3n) is 5.08. The first-order chi connectivity index (χ1) is 12.8. The summed E-state index contributed by atoms with van der Waals surface area (Å²) in [4.78, 5) is 2.36. The Morgan fingerprint density at radius 1 is 1.04 bits per heavy atom. The highest BCUT2D eigenvalue weighted by molar-refractivity contribution is 7.89. The fourth-order valence-corrected chi connectivity index (χ4v) is 5.81. The van der Waals surface area contributed by atoms with Crippen molar-refractivity contribution < 1.29 is 21.6 Å². The minimum Gasteiger partial charge on any atom is -0.377 e. The quantitative estimate of drug-likeness (QED) is 0.693. The lowest BCUT2D eigenvalue weighted by Crippen LogP contribution is -2.48. The molecule has 0 spiro atoms. The van der Waals surface area contributed by atoms with Gasteiger partial charge in [0.05, 0.1) is 15.9 Å². The summed E-state index contributed by atoms with van der Waals surface area (Å²) < 4.78 is 59.7. The van der Waals surface area contributed by atoms with Crippen LogP contribution in [0.2, 0.25) is 0 Å². The first-order valence-corrected chi connectivity index (χ1v) is 12.2. The largest absolute Gasteiger partial charge is 0.377 e. The summed E-state index contributed by atoms with van der Waals surface area (Å²) in [6.45, 7) is 6.13. The van der Waals surface area contributed by atoms with Gasteiger partial charge in [-0.15, -0.1) is 0 Å². The van der Waals surface area contributed by atoms with Crippen molar-refractivity contribution in [2.75, 3.05) is 45.9 Å². The van der Waals surface area contributed by atoms with Crippen LogP contribution in [0, 0.1) is 0 Å². The molecule has 10 heteroatoms. The van der Waals surface area contributed by atoms with E-state index in [-0.39, 0.29) is 22.4 Å². The fourth-order valence-electron chi connectivity index (χ4n) is 3.32. The van der Waals surface area contributed by atoms with Crippen LogP contribution in [0.3, 0.4) is 0 Å². The van der Waals surface area contributed by atoms with Gasteiger partial charge in [-0.2, -0.15) is 4.31 Å². The second kappa shape index (κ2) is 8.54. The average molecular weight is 418 g/mol. The van der Waals surface area contributed by atoms with Gasteiger partial charge >= 0.3 is 0 Å². The molecule has 3 rings (SSSR count). The molecule has 152 valence electrons. The van der Waals surface area contributed by atoms with Crippen molar-refractivity contribution >= 4 is 20.0 Å². The van der Waals surface area contributed by atoms with Crippen LogP contribution in [0.1, 0.15) is 19.8 Å². The van der Waals surface area contributed by atoms with E-state index < -0.39 is 20.0 Å². The Hall–Kier alpha value is -1.04. The Balaban J connectivity index is 1.66. The molecule has 0 radical (unpaired) electrons. The molecule has 0 saturated carbocycles. The first kappa shape index (κ1) is 20.7. The maximum absolute atomic E-state index is 12.8. The Morgan fingerprint density at radius 3 is 2.22 bits per heavy atom. The van der Waals surface area contributed by atoms with Crippen molar-refractivity contribution in [2.45, 2.75) is 35.7 Å². The van der Waals surface area contributed by atoms with E-state index in [4.69, 9.17) is 4.74 Å². The van der Waals surface area contributed by atoms with Crippen LogP contribution in [0.25, 0.3) is 0 Å². The van der Waals surface area contributed by atoms with Crippen LogP contribution >= 0.6 is 0 Å². The van der Waals surface area contributed by atoms with Crippen molar-refractivity contribution in [3.05, 3.63) is 24.3 Å². The average Bonchev–Trinajstić information content (AvgIpc) is 3.20. The summed E-state index contributed by atoms with van der Waals surface area (Å²) in [6.07, 6.45) is 1.68. The molecule has 2 fully saturated rings. The molecule has 0 amide bonds. The molecule has 27 heavy (non-hydrogen) atoms. The predicted octanol–water partition coefficient (Wildman–Crippen LogP) is 0.470. The lowest BCUT2D eigenvalue weighted by Gasteiger charge is -2.33. The predicted molar refractivity (Wildman–Crippen MR) is 101 cm³/mol. The summed E-state index contributed by atoms with van der Waals surface area (Å²) in [5, 5.41) is 0.